The second-order valence-electron chi connectivity index (χ2n) is 7.06. The fourth-order valence-corrected chi connectivity index (χ4v) is 3.28. The van der Waals surface area contributed by atoms with Crippen LogP contribution in [0.1, 0.15) is 34.4 Å². The van der Waals surface area contributed by atoms with Crippen molar-refractivity contribution in [1.82, 2.24) is 25.3 Å². The highest BCUT2D eigenvalue weighted by molar-refractivity contribution is 5.93. The molecular weight excluding hydrogens is 386 g/mol. The number of pyridine rings is 1. The number of benzene rings is 1. The van der Waals surface area contributed by atoms with Crippen LogP contribution < -0.4 is 14.8 Å². The Morgan fingerprint density at radius 3 is 2.93 bits per heavy atom. The predicted octanol–water partition coefficient (Wildman–Crippen LogP) is 1.81. The number of nitrogens with one attached hydrogen (secondary N) is 1. The molecule has 1 unspecified atom stereocenters. The average Bonchev–Trinajstić information content (AvgIpc) is 3.36. The molecule has 3 aromatic rings. The van der Waals surface area contributed by atoms with E-state index in [9.17, 15) is 4.79 Å². The van der Waals surface area contributed by atoms with Crippen molar-refractivity contribution >= 4 is 5.91 Å². The molecule has 1 aliphatic heterocycles. The van der Waals surface area contributed by atoms with Crippen LogP contribution in [0.3, 0.4) is 0 Å². The first kappa shape index (κ1) is 19.8. The lowest BCUT2D eigenvalue weighted by Gasteiger charge is -2.13. The monoisotopic (exact) mass is 409 g/mol. The van der Waals surface area contributed by atoms with Crippen LogP contribution >= 0.6 is 0 Å². The molecule has 156 valence electrons. The van der Waals surface area contributed by atoms with Gasteiger partial charge in [0.05, 0.1) is 24.5 Å². The van der Waals surface area contributed by atoms with Gasteiger partial charge >= 0.3 is 0 Å². The maximum atomic E-state index is 12.9. The summed E-state index contributed by atoms with van der Waals surface area (Å²) in [6.07, 6.45) is 2.18. The highest BCUT2D eigenvalue weighted by atomic mass is 16.7. The topological polar surface area (TPSA) is 100 Å². The van der Waals surface area contributed by atoms with E-state index in [1.165, 1.54) is 0 Å². The van der Waals surface area contributed by atoms with E-state index in [-0.39, 0.29) is 24.4 Å². The number of fused-ring (bicyclic) bond motifs is 1. The third-order valence-corrected chi connectivity index (χ3v) is 4.69. The summed E-state index contributed by atoms with van der Waals surface area (Å²) in [4.78, 5) is 17.2. The summed E-state index contributed by atoms with van der Waals surface area (Å²) in [6.45, 7) is 2.90. The lowest BCUT2D eigenvalue weighted by atomic mass is 10.1. The van der Waals surface area contributed by atoms with Crippen molar-refractivity contribution in [1.29, 1.82) is 0 Å². The third-order valence-electron chi connectivity index (χ3n) is 4.69. The first-order valence-electron chi connectivity index (χ1n) is 9.64. The molecule has 1 amide bonds. The average molecular weight is 409 g/mol. The molecule has 9 heteroatoms. The van der Waals surface area contributed by atoms with E-state index >= 15 is 0 Å². The Morgan fingerprint density at radius 1 is 1.27 bits per heavy atom. The standard InChI is InChI=1S/C21H23N5O4/c1-14(12-28-2)23-21(27)20-17(9-15-6-7-18-19(10-15)30-13-29-18)26(25-24-20)11-16-5-3-4-8-22-16/h3-8,10,14H,9,11-13H2,1-2H3,(H,23,27). The molecular formula is C21H23N5O4. The largest absolute Gasteiger partial charge is 0.454 e. The van der Waals surface area contributed by atoms with E-state index in [1.807, 2.05) is 43.3 Å². The predicted molar refractivity (Wildman–Crippen MR) is 108 cm³/mol. The molecule has 1 aliphatic rings. The molecule has 0 bridgehead atoms. The van der Waals surface area contributed by atoms with Crippen LogP contribution in [0.15, 0.2) is 42.6 Å². The van der Waals surface area contributed by atoms with Gasteiger partial charge in [0.2, 0.25) is 6.79 Å². The second-order valence-corrected chi connectivity index (χ2v) is 7.06. The molecule has 0 spiro atoms. The SMILES string of the molecule is COCC(C)NC(=O)c1nnn(Cc2ccccn2)c1Cc1ccc2c(c1)OCO2. The summed E-state index contributed by atoms with van der Waals surface area (Å²) in [5, 5.41) is 11.3. The fraction of sp³-hybridized carbons (Fsp3) is 0.333. The number of rotatable bonds is 8. The third kappa shape index (κ3) is 4.41. The Morgan fingerprint density at radius 2 is 2.13 bits per heavy atom. The lowest BCUT2D eigenvalue weighted by molar-refractivity contribution is 0.0899. The van der Waals surface area contributed by atoms with E-state index in [4.69, 9.17) is 14.2 Å². The zero-order valence-electron chi connectivity index (χ0n) is 16.9. The Kier molecular flexibility index (Phi) is 5.89. The number of hydrogen-bond donors (Lipinski definition) is 1. The summed E-state index contributed by atoms with van der Waals surface area (Å²) < 4.78 is 17.7. The van der Waals surface area contributed by atoms with Crippen molar-refractivity contribution < 1.29 is 19.0 Å². The normalized spacial score (nSPS) is 13.3. The molecule has 0 saturated heterocycles. The number of hydrogen-bond acceptors (Lipinski definition) is 7. The molecule has 1 aromatic carbocycles. The first-order valence-corrected chi connectivity index (χ1v) is 9.64. The fourth-order valence-electron chi connectivity index (χ4n) is 3.28. The van der Waals surface area contributed by atoms with E-state index in [0.29, 0.717) is 36.8 Å². The molecule has 2 aromatic heterocycles. The first-order chi connectivity index (χ1) is 14.6. The van der Waals surface area contributed by atoms with Crippen molar-refractivity contribution in [3.05, 3.63) is 65.2 Å². The van der Waals surface area contributed by atoms with E-state index < -0.39 is 0 Å². The molecule has 0 fully saturated rings. The number of ether oxygens (including phenoxy) is 3. The van der Waals surface area contributed by atoms with E-state index in [2.05, 4.69) is 20.6 Å². The molecule has 1 N–H and O–H groups in total. The van der Waals surface area contributed by atoms with Crippen LogP contribution in [-0.2, 0) is 17.7 Å². The van der Waals surface area contributed by atoms with Crippen molar-refractivity contribution in [2.24, 2.45) is 0 Å². The molecule has 30 heavy (non-hydrogen) atoms. The zero-order chi connectivity index (χ0) is 20.9. The highest BCUT2D eigenvalue weighted by Crippen LogP contribution is 2.33. The Bertz CT molecular complexity index is 1020. The minimum atomic E-state index is -0.289. The maximum Gasteiger partial charge on any atom is 0.274 e. The number of amides is 1. The Balaban J connectivity index is 1.63. The van der Waals surface area contributed by atoms with Crippen molar-refractivity contribution in [3.8, 4) is 11.5 Å². The van der Waals surface area contributed by atoms with Gasteiger partial charge in [-0.25, -0.2) is 4.68 Å². The van der Waals surface area contributed by atoms with Gasteiger partial charge in [0.15, 0.2) is 17.2 Å². The van der Waals surface area contributed by atoms with Crippen LogP contribution in [0.2, 0.25) is 0 Å². The van der Waals surface area contributed by atoms with Gasteiger partial charge < -0.3 is 19.5 Å². The van der Waals surface area contributed by atoms with Crippen molar-refractivity contribution in [2.45, 2.75) is 25.9 Å². The minimum Gasteiger partial charge on any atom is -0.454 e. The minimum absolute atomic E-state index is 0.151. The maximum absolute atomic E-state index is 12.9. The molecule has 0 radical (unpaired) electrons. The van der Waals surface area contributed by atoms with Gasteiger partial charge in [-0.15, -0.1) is 5.10 Å². The highest BCUT2D eigenvalue weighted by Gasteiger charge is 2.23. The smallest absolute Gasteiger partial charge is 0.274 e. The molecule has 4 rings (SSSR count). The number of nitrogens with zero attached hydrogens (tertiary/aromatic N) is 4. The summed E-state index contributed by atoms with van der Waals surface area (Å²) in [5.41, 5.74) is 2.77. The van der Waals surface area contributed by atoms with Crippen LogP contribution in [0.5, 0.6) is 11.5 Å². The number of aromatic nitrogens is 4. The summed E-state index contributed by atoms with van der Waals surface area (Å²) in [7, 11) is 1.59. The summed E-state index contributed by atoms with van der Waals surface area (Å²) in [6, 6.07) is 11.3. The van der Waals surface area contributed by atoms with Crippen molar-refractivity contribution in [3.63, 3.8) is 0 Å². The van der Waals surface area contributed by atoms with Gasteiger partial charge in [-0.3, -0.25) is 9.78 Å². The van der Waals surface area contributed by atoms with Crippen LogP contribution in [0.25, 0.3) is 0 Å². The quantitative estimate of drug-likeness (QED) is 0.605. The molecule has 1 atom stereocenters. The van der Waals surface area contributed by atoms with Gasteiger partial charge in [-0.1, -0.05) is 17.3 Å². The molecule has 3 heterocycles. The van der Waals surface area contributed by atoms with E-state index in [0.717, 1.165) is 11.3 Å². The summed E-state index contributed by atoms with van der Waals surface area (Å²) in [5.74, 6) is 1.11. The van der Waals surface area contributed by atoms with Gasteiger partial charge in [-0.05, 0) is 36.8 Å². The molecule has 0 saturated carbocycles. The van der Waals surface area contributed by atoms with Crippen LogP contribution in [-0.4, -0.2) is 52.4 Å². The van der Waals surface area contributed by atoms with E-state index in [1.54, 1.807) is 18.0 Å². The number of methoxy groups -OCH3 is 1. The Labute approximate surface area is 174 Å². The zero-order valence-corrected chi connectivity index (χ0v) is 16.9. The summed E-state index contributed by atoms with van der Waals surface area (Å²) >= 11 is 0. The van der Waals surface area contributed by atoms with Gasteiger partial charge in [-0.2, -0.15) is 0 Å². The van der Waals surface area contributed by atoms with Gasteiger partial charge in [0, 0.05) is 25.8 Å². The van der Waals surface area contributed by atoms with Gasteiger partial charge in [0.25, 0.3) is 5.91 Å². The number of carbonyl (C=O) groups is 1. The lowest BCUT2D eigenvalue weighted by Crippen LogP contribution is -2.36. The van der Waals surface area contributed by atoms with Crippen molar-refractivity contribution in [2.75, 3.05) is 20.5 Å². The number of carbonyl (C=O) groups excluding carboxylic acids is 1. The molecule has 0 aliphatic carbocycles. The Hall–Kier alpha value is -3.46. The van der Waals surface area contributed by atoms with Gasteiger partial charge in [0.1, 0.15) is 0 Å². The van der Waals surface area contributed by atoms with Crippen LogP contribution in [0.4, 0.5) is 0 Å². The second kappa shape index (κ2) is 8.91. The van der Waals surface area contributed by atoms with Crippen LogP contribution in [0, 0.1) is 0 Å². The molecule has 9 nitrogen and oxygen atoms in total.